The molecule has 2 aromatic rings. The van der Waals surface area contributed by atoms with E-state index >= 15 is 0 Å². The lowest BCUT2D eigenvalue weighted by Gasteiger charge is -2.37. The van der Waals surface area contributed by atoms with Crippen molar-refractivity contribution in [2.24, 2.45) is 11.8 Å². The first kappa shape index (κ1) is 32.2. The molecular formula is C33H37BrClN3O6. The number of carbonyl (C=O) groups excluding carboxylic acids is 3. The first-order valence-electron chi connectivity index (χ1n) is 14.8. The van der Waals surface area contributed by atoms with E-state index in [4.69, 9.17) is 21.1 Å². The highest BCUT2D eigenvalue weighted by Crippen LogP contribution is 2.60. The standard InChI is InChI=1S/C33H37BrClN3O6/c1-4-16-36(21-12-14-22(15-13-21)43-6-3)30(40)26-27-31(41)38(18-9-19-39)29(33(27)20-23(34)28(26)44-33)32(42)37(17-5-2)25-11-8-7-10-24(25)35/h4-5,7-8,10-15,23,26-29,39H,1-2,6,9,16-20H2,3H3/t23?,26-,27+,28-,29?,33?/m1/s1. The summed E-state index contributed by atoms with van der Waals surface area (Å²) in [5.41, 5.74) is -0.147. The fourth-order valence-electron chi connectivity index (χ4n) is 6.95. The van der Waals surface area contributed by atoms with E-state index in [2.05, 4.69) is 29.1 Å². The number of hydrogen-bond acceptors (Lipinski definition) is 6. The van der Waals surface area contributed by atoms with Gasteiger partial charge in [-0.2, -0.15) is 0 Å². The van der Waals surface area contributed by atoms with Gasteiger partial charge >= 0.3 is 0 Å². The second-order valence-electron chi connectivity index (χ2n) is 11.1. The molecule has 5 rings (SSSR count). The fraction of sp³-hybridized carbons (Fsp3) is 0.424. The first-order chi connectivity index (χ1) is 21.2. The number of alkyl halides is 1. The Labute approximate surface area is 271 Å². The van der Waals surface area contributed by atoms with E-state index in [1.54, 1.807) is 65.6 Å². The number of ether oxygens (including phenoxy) is 2. The summed E-state index contributed by atoms with van der Waals surface area (Å²) in [6, 6.07) is 13.1. The average Bonchev–Trinajstić information content (AvgIpc) is 3.61. The zero-order chi connectivity index (χ0) is 31.6. The van der Waals surface area contributed by atoms with Gasteiger partial charge in [0.05, 0.1) is 35.3 Å². The van der Waals surface area contributed by atoms with Crippen LogP contribution in [0.4, 0.5) is 11.4 Å². The van der Waals surface area contributed by atoms with Gasteiger partial charge in [0.1, 0.15) is 17.4 Å². The third-order valence-electron chi connectivity index (χ3n) is 8.62. The Hall–Kier alpha value is -3.18. The Morgan fingerprint density at radius 3 is 2.45 bits per heavy atom. The van der Waals surface area contributed by atoms with Crippen LogP contribution in [0.2, 0.25) is 5.02 Å². The van der Waals surface area contributed by atoms with E-state index < -0.39 is 29.6 Å². The molecular weight excluding hydrogens is 650 g/mol. The summed E-state index contributed by atoms with van der Waals surface area (Å²) in [4.78, 5) is 47.8. The van der Waals surface area contributed by atoms with Crippen molar-refractivity contribution >= 4 is 56.6 Å². The topological polar surface area (TPSA) is 99.6 Å². The Kier molecular flexibility index (Phi) is 9.84. The molecule has 3 fully saturated rings. The second kappa shape index (κ2) is 13.4. The van der Waals surface area contributed by atoms with Crippen molar-refractivity contribution in [2.75, 3.05) is 42.6 Å². The molecule has 3 amide bonds. The van der Waals surface area contributed by atoms with Gasteiger partial charge in [-0.25, -0.2) is 0 Å². The summed E-state index contributed by atoms with van der Waals surface area (Å²) >= 11 is 10.3. The monoisotopic (exact) mass is 685 g/mol. The molecule has 3 aliphatic rings. The maximum atomic E-state index is 14.6. The van der Waals surface area contributed by atoms with E-state index in [1.807, 2.05) is 6.92 Å². The molecule has 1 spiro atoms. The maximum Gasteiger partial charge on any atom is 0.253 e. The normalized spacial score (nSPS) is 26.8. The number of aliphatic hydroxyl groups is 1. The largest absolute Gasteiger partial charge is 0.494 e. The molecule has 234 valence electrons. The molecule has 11 heteroatoms. The van der Waals surface area contributed by atoms with Gasteiger partial charge in [0.15, 0.2) is 0 Å². The summed E-state index contributed by atoms with van der Waals surface area (Å²) in [6.45, 7) is 10.4. The molecule has 44 heavy (non-hydrogen) atoms. The third kappa shape index (κ3) is 5.46. The van der Waals surface area contributed by atoms with E-state index in [9.17, 15) is 19.5 Å². The highest BCUT2D eigenvalue weighted by molar-refractivity contribution is 9.09. The first-order valence-corrected chi connectivity index (χ1v) is 16.1. The van der Waals surface area contributed by atoms with Gasteiger partial charge in [0, 0.05) is 36.8 Å². The zero-order valence-electron chi connectivity index (χ0n) is 24.6. The molecule has 9 nitrogen and oxygen atoms in total. The van der Waals surface area contributed by atoms with Crippen molar-refractivity contribution in [1.29, 1.82) is 0 Å². The predicted molar refractivity (Wildman–Crippen MR) is 173 cm³/mol. The van der Waals surface area contributed by atoms with Crippen molar-refractivity contribution in [1.82, 2.24) is 4.90 Å². The van der Waals surface area contributed by atoms with Crippen molar-refractivity contribution in [2.45, 2.75) is 42.3 Å². The molecule has 3 heterocycles. The number of para-hydroxylation sites is 1. The van der Waals surface area contributed by atoms with Gasteiger partial charge < -0.3 is 29.3 Å². The number of aliphatic hydroxyl groups excluding tert-OH is 1. The van der Waals surface area contributed by atoms with Gasteiger partial charge in [-0.15, -0.1) is 13.2 Å². The molecule has 2 bridgehead atoms. The number of fused-ring (bicyclic) bond motifs is 1. The van der Waals surface area contributed by atoms with Gasteiger partial charge in [-0.3, -0.25) is 14.4 Å². The summed E-state index contributed by atoms with van der Waals surface area (Å²) in [7, 11) is 0. The van der Waals surface area contributed by atoms with Crippen LogP contribution in [0.5, 0.6) is 5.75 Å². The second-order valence-corrected chi connectivity index (χ2v) is 12.7. The Morgan fingerprint density at radius 2 is 1.82 bits per heavy atom. The minimum atomic E-state index is -1.26. The lowest BCUT2D eigenvalue weighted by atomic mass is 9.70. The molecule has 3 aliphatic heterocycles. The van der Waals surface area contributed by atoms with Crippen molar-refractivity contribution in [3.05, 3.63) is 78.9 Å². The number of likely N-dealkylation sites (tertiary alicyclic amines) is 1. The number of rotatable bonds is 13. The van der Waals surface area contributed by atoms with E-state index in [0.29, 0.717) is 35.2 Å². The SMILES string of the molecule is C=CCN(C(=O)[C@H]1[C@@H]2OC3(CC2Br)C(C(=O)N(CC=C)c2ccccc2Cl)N(CCCO)C(=O)[C@H]13)c1ccc(OCC)cc1. The van der Waals surface area contributed by atoms with E-state index in [-0.39, 0.29) is 55.2 Å². The van der Waals surface area contributed by atoms with E-state index in [0.717, 1.165) is 0 Å². The van der Waals surface area contributed by atoms with E-state index in [1.165, 1.54) is 9.80 Å². The smallest absolute Gasteiger partial charge is 0.253 e. The average molecular weight is 687 g/mol. The quantitative estimate of drug-likeness (QED) is 0.244. The van der Waals surface area contributed by atoms with Crippen LogP contribution >= 0.6 is 27.5 Å². The predicted octanol–water partition coefficient (Wildman–Crippen LogP) is 4.61. The summed E-state index contributed by atoms with van der Waals surface area (Å²) in [5.74, 6) is -2.06. The highest BCUT2D eigenvalue weighted by Gasteiger charge is 2.77. The number of amides is 3. The van der Waals surface area contributed by atoms with Crippen LogP contribution in [0.3, 0.4) is 0 Å². The minimum absolute atomic E-state index is 0.131. The minimum Gasteiger partial charge on any atom is -0.494 e. The number of nitrogens with zero attached hydrogens (tertiary/aromatic N) is 3. The number of benzene rings is 2. The van der Waals surface area contributed by atoms with Gasteiger partial charge in [0.2, 0.25) is 11.8 Å². The third-order valence-corrected chi connectivity index (χ3v) is 9.79. The number of halogens is 2. The number of hydrogen-bond donors (Lipinski definition) is 1. The molecule has 6 atom stereocenters. The van der Waals surface area contributed by atoms with Crippen molar-refractivity contribution < 1.29 is 29.0 Å². The van der Waals surface area contributed by atoms with Crippen molar-refractivity contribution in [3.63, 3.8) is 0 Å². The van der Waals surface area contributed by atoms with Crippen LogP contribution in [0.1, 0.15) is 19.8 Å². The van der Waals surface area contributed by atoms with Crippen LogP contribution < -0.4 is 14.5 Å². The number of anilines is 2. The number of carbonyl (C=O) groups is 3. The summed E-state index contributed by atoms with van der Waals surface area (Å²) < 4.78 is 12.3. The molecule has 2 aromatic carbocycles. The van der Waals surface area contributed by atoms with Crippen molar-refractivity contribution in [3.8, 4) is 5.75 Å². The molecule has 3 unspecified atom stereocenters. The van der Waals surface area contributed by atoms with Crippen LogP contribution in [0.25, 0.3) is 0 Å². The van der Waals surface area contributed by atoms with Crippen LogP contribution in [0.15, 0.2) is 73.8 Å². The summed E-state index contributed by atoms with van der Waals surface area (Å²) in [6.07, 6.45) is 3.23. The molecule has 0 aliphatic carbocycles. The fourth-order valence-corrected chi connectivity index (χ4v) is 8.13. The maximum absolute atomic E-state index is 14.6. The lowest BCUT2D eigenvalue weighted by molar-refractivity contribution is -0.140. The molecule has 0 saturated carbocycles. The van der Waals surface area contributed by atoms with Crippen LogP contribution in [-0.4, -0.2) is 83.2 Å². The summed E-state index contributed by atoms with van der Waals surface area (Å²) in [5, 5.41) is 10.1. The van der Waals surface area contributed by atoms with Gasteiger partial charge in [-0.05, 0) is 56.2 Å². The lowest BCUT2D eigenvalue weighted by Crippen LogP contribution is -2.57. The Morgan fingerprint density at radius 1 is 1.14 bits per heavy atom. The molecule has 0 radical (unpaired) electrons. The highest BCUT2D eigenvalue weighted by atomic mass is 79.9. The van der Waals surface area contributed by atoms with Crippen LogP contribution in [0, 0.1) is 11.8 Å². The molecule has 3 saturated heterocycles. The van der Waals surface area contributed by atoms with Gasteiger partial charge in [-0.1, -0.05) is 51.8 Å². The van der Waals surface area contributed by atoms with Crippen LogP contribution in [-0.2, 0) is 19.1 Å². The van der Waals surface area contributed by atoms with Gasteiger partial charge in [0.25, 0.3) is 5.91 Å². The Bertz CT molecular complexity index is 1420. The molecule has 0 aromatic heterocycles. The Balaban J connectivity index is 1.56. The zero-order valence-corrected chi connectivity index (χ0v) is 27.0. The molecule has 1 N–H and O–H groups in total.